The van der Waals surface area contributed by atoms with Crippen LogP contribution in [0, 0.1) is 5.92 Å². The first kappa shape index (κ1) is 12.7. The topological polar surface area (TPSA) is 72.3 Å². The molecule has 0 unspecified atom stereocenters. The summed E-state index contributed by atoms with van der Waals surface area (Å²) in [5.74, 6) is 0.588. The fourth-order valence-corrected chi connectivity index (χ4v) is 3.23. The lowest BCUT2D eigenvalue weighted by atomic mass is 9.81. The van der Waals surface area contributed by atoms with Gasteiger partial charge in [-0.25, -0.2) is 0 Å². The number of phenolic OH excluding ortho intramolecular Hbond substituents is 1. The fraction of sp³-hybridized carbons (Fsp3) is 0.538. The van der Waals surface area contributed by atoms with Crippen molar-refractivity contribution in [2.24, 2.45) is 11.7 Å². The van der Waals surface area contributed by atoms with Crippen molar-refractivity contribution >= 4 is 21.6 Å². The molecule has 1 aliphatic carbocycles. The number of nitrogens with two attached hydrogens (primary N) is 2. The van der Waals surface area contributed by atoms with Crippen LogP contribution in [0.4, 0.5) is 5.69 Å². The van der Waals surface area contributed by atoms with Crippen LogP contribution in [0.3, 0.4) is 0 Å². The summed E-state index contributed by atoms with van der Waals surface area (Å²) in [4.78, 5) is 0. The maximum Gasteiger partial charge on any atom is 0.144 e. The highest BCUT2D eigenvalue weighted by molar-refractivity contribution is 9.10. The molecule has 1 aliphatic rings. The zero-order valence-electron chi connectivity index (χ0n) is 9.82. The molecule has 0 heterocycles. The lowest BCUT2D eigenvalue weighted by Gasteiger charge is -2.29. The zero-order valence-corrected chi connectivity index (χ0v) is 11.4. The fourth-order valence-electron chi connectivity index (χ4n) is 2.65. The van der Waals surface area contributed by atoms with Gasteiger partial charge in [0.1, 0.15) is 5.75 Å². The lowest BCUT2D eigenvalue weighted by Crippen LogP contribution is -2.24. The van der Waals surface area contributed by atoms with Crippen molar-refractivity contribution in [3.63, 3.8) is 0 Å². The summed E-state index contributed by atoms with van der Waals surface area (Å²) in [6.45, 7) is 0. The van der Waals surface area contributed by atoms with Crippen molar-refractivity contribution < 1.29 is 5.11 Å². The molecule has 1 atom stereocenters. The SMILES string of the molecule is Nc1ccc(Br)c([C@H](N)C2CCCCC2)c1O. The summed E-state index contributed by atoms with van der Waals surface area (Å²) in [6, 6.07) is 3.41. The van der Waals surface area contributed by atoms with E-state index in [-0.39, 0.29) is 11.8 Å². The van der Waals surface area contributed by atoms with E-state index in [1.807, 2.05) is 6.07 Å². The predicted octanol–water partition coefficient (Wildman–Crippen LogP) is 3.32. The van der Waals surface area contributed by atoms with Gasteiger partial charge in [-0.05, 0) is 30.9 Å². The molecule has 0 amide bonds. The molecule has 0 saturated heterocycles. The predicted molar refractivity (Wildman–Crippen MR) is 73.7 cm³/mol. The molecule has 0 radical (unpaired) electrons. The van der Waals surface area contributed by atoms with Gasteiger partial charge in [0, 0.05) is 16.1 Å². The summed E-state index contributed by atoms with van der Waals surface area (Å²) < 4.78 is 0.849. The van der Waals surface area contributed by atoms with Gasteiger partial charge in [0.05, 0.1) is 5.69 Å². The van der Waals surface area contributed by atoms with E-state index in [0.29, 0.717) is 11.6 Å². The van der Waals surface area contributed by atoms with Crippen LogP contribution < -0.4 is 11.5 Å². The van der Waals surface area contributed by atoms with Crippen LogP contribution in [0.25, 0.3) is 0 Å². The van der Waals surface area contributed by atoms with Gasteiger partial charge in [0.25, 0.3) is 0 Å². The summed E-state index contributed by atoms with van der Waals surface area (Å²) in [5, 5.41) is 10.0. The molecule has 4 heteroatoms. The van der Waals surface area contributed by atoms with Gasteiger partial charge >= 0.3 is 0 Å². The van der Waals surface area contributed by atoms with E-state index in [0.717, 1.165) is 22.9 Å². The number of benzene rings is 1. The Kier molecular flexibility index (Phi) is 3.94. The van der Waals surface area contributed by atoms with Crippen LogP contribution in [0.1, 0.15) is 43.7 Å². The van der Waals surface area contributed by atoms with Gasteiger partial charge in [-0.1, -0.05) is 35.2 Å². The monoisotopic (exact) mass is 298 g/mol. The normalized spacial score (nSPS) is 19.2. The Labute approximate surface area is 110 Å². The van der Waals surface area contributed by atoms with Crippen molar-refractivity contribution in [3.05, 3.63) is 22.2 Å². The molecule has 3 nitrogen and oxygen atoms in total. The first-order valence-corrected chi connectivity index (χ1v) is 6.93. The highest BCUT2D eigenvalue weighted by Gasteiger charge is 2.26. The Bertz CT molecular complexity index is 403. The first-order valence-electron chi connectivity index (χ1n) is 6.13. The third kappa shape index (κ3) is 2.58. The molecule has 5 N–H and O–H groups in total. The summed E-state index contributed by atoms with van der Waals surface area (Å²) >= 11 is 3.45. The maximum atomic E-state index is 10.0. The zero-order chi connectivity index (χ0) is 12.4. The second kappa shape index (κ2) is 5.27. The van der Waals surface area contributed by atoms with E-state index in [9.17, 15) is 5.11 Å². The smallest absolute Gasteiger partial charge is 0.144 e. The van der Waals surface area contributed by atoms with Crippen LogP contribution in [0.2, 0.25) is 0 Å². The van der Waals surface area contributed by atoms with Gasteiger partial charge in [-0.2, -0.15) is 0 Å². The average Bonchev–Trinajstić information content (AvgIpc) is 2.35. The quantitative estimate of drug-likeness (QED) is 0.579. The third-order valence-corrected chi connectivity index (χ3v) is 4.38. The Morgan fingerprint density at radius 2 is 1.88 bits per heavy atom. The van der Waals surface area contributed by atoms with Crippen molar-refractivity contribution in [2.45, 2.75) is 38.1 Å². The van der Waals surface area contributed by atoms with Gasteiger partial charge in [0.2, 0.25) is 0 Å². The minimum absolute atomic E-state index is 0.131. The summed E-state index contributed by atoms with van der Waals surface area (Å²) in [6.07, 6.45) is 6.05. The number of hydrogen-bond acceptors (Lipinski definition) is 3. The van der Waals surface area contributed by atoms with Crippen LogP contribution in [-0.2, 0) is 0 Å². The standard InChI is InChI=1S/C13H19BrN2O/c14-9-6-7-10(15)13(17)11(9)12(16)8-4-2-1-3-5-8/h6-8,12,17H,1-5,15-16H2/t12-/m1/s1. The summed E-state index contributed by atoms with van der Waals surface area (Å²) in [7, 11) is 0. The van der Waals surface area contributed by atoms with Crippen LogP contribution >= 0.6 is 15.9 Å². The molecule has 1 fully saturated rings. The molecule has 0 bridgehead atoms. The first-order chi connectivity index (χ1) is 8.11. The van der Waals surface area contributed by atoms with Gasteiger partial charge in [0.15, 0.2) is 0 Å². The van der Waals surface area contributed by atoms with Crippen molar-refractivity contribution in [1.29, 1.82) is 0 Å². The molecule has 17 heavy (non-hydrogen) atoms. The van der Waals surface area contributed by atoms with Crippen molar-refractivity contribution in [3.8, 4) is 5.75 Å². The minimum Gasteiger partial charge on any atom is -0.505 e. The molecule has 0 spiro atoms. The van der Waals surface area contributed by atoms with E-state index in [4.69, 9.17) is 11.5 Å². The number of phenols is 1. The van der Waals surface area contributed by atoms with Gasteiger partial charge < -0.3 is 16.6 Å². The van der Waals surface area contributed by atoms with Gasteiger partial charge in [-0.3, -0.25) is 0 Å². The number of rotatable bonds is 2. The number of halogens is 1. The number of aromatic hydroxyl groups is 1. The van der Waals surface area contributed by atoms with E-state index >= 15 is 0 Å². The Morgan fingerprint density at radius 1 is 1.24 bits per heavy atom. The van der Waals surface area contributed by atoms with E-state index in [1.165, 1.54) is 19.3 Å². The number of nitrogen functional groups attached to an aromatic ring is 1. The Balaban J connectivity index is 2.29. The highest BCUT2D eigenvalue weighted by Crippen LogP contribution is 2.41. The molecular formula is C13H19BrN2O. The number of hydrogen-bond donors (Lipinski definition) is 3. The molecular weight excluding hydrogens is 280 g/mol. The van der Waals surface area contributed by atoms with E-state index in [1.54, 1.807) is 6.07 Å². The molecule has 1 aromatic rings. The maximum absolute atomic E-state index is 10.0. The second-order valence-electron chi connectivity index (χ2n) is 4.82. The van der Waals surface area contributed by atoms with Crippen LogP contribution in [0.15, 0.2) is 16.6 Å². The average molecular weight is 299 g/mol. The molecule has 1 aromatic carbocycles. The molecule has 1 saturated carbocycles. The Morgan fingerprint density at radius 3 is 2.53 bits per heavy atom. The van der Waals surface area contributed by atoms with Gasteiger partial charge in [-0.15, -0.1) is 0 Å². The van der Waals surface area contributed by atoms with E-state index < -0.39 is 0 Å². The molecule has 0 aliphatic heterocycles. The number of anilines is 1. The lowest BCUT2D eigenvalue weighted by molar-refractivity contribution is 0.302. The molecule has 94 valence electrons. The van der Waals surface area contributed by atoms with Crippen molar-refractivity contribution in [2.75, 3.05) is 5.73 Å². The molecule has 2 rings (SSSR count). The van der Waals surface area contributed by atoms with Crippen LogP contribution in [0.5, 0.6) is 5.75 Å². The molecule has 0 aromatic heterocycles. The summed E-state index contributed by atoms with van der Waals surface area (Å²) in [5.41, 5.74) is 13.2. The minimum atomic E-state index is -0.131. The Hall–Kier alpha value is -0.740. The third-order valence-electron chi connectivity index (χ3n) is 3.69. The second-order valence-corrected chi connectivity index (χ2v) is 5.68. The van der Waals surface area contributed by atoms with Crippen LogP contribution in [-0.4, -0.2) is 5.11 Å². The van der Waals surface area contributed by atoms with E-state index in [2.05, 4.69) is 15.9 Å². The largest absolute Gasteiger partial charge is 0.505 e. The highest BCUT2D eigenvalue weighted by atomic mass is 79.9. The van der Waals surface area contributed by atoms with Crippen molar-refractivity contribution in [1.82, 2.24) is 0 Å².